The first kappa shape index (κ1) is 24.3. The molecule has 1 fully saturated rings. The van der Waals surface area contributed by atoms with Crippen molar-refractivity contribution in [2.45, 2.75) is 4.90 Å². The molecule has 1 heterocycles. The van der Waals surface area contributed by atoms with Gasteiger partial charge in [0.1, 0.15) is 10.7 Å². The van der Waals surface area contributed by atoms with Crippen LogP contribution in [0, 0.1) is 5.82 Å². The standard InChI is InChI=1S/C21H21FN2O8S/c1-30-20(26)14-2-5-16(6-3-14)23-19(25)13-32-21(27)15-4-7-17(22)18(12-15)33(28,29)24-8-10-31-11-9-24/h2-7,12H,8-11,13H2,1H3,(H,23,25). The number of carbonyl (C=O) groups excluding carboxylic acids is 3. The molecule has 1 N–H and O–H groups in total. The van der Waals surface area contributed by atoms with E-state index in [1.165, 1.54) is 31.4 Å². The second-order valence-corrected chi connectivity index (χ2v) is 8.76. The van der Waals surface area contributed by atoms with E-state index in [0.717, 1.165) is 22.5 Å². The topological polar surface area (TPSA) is 128 Å². The van der Waals surface area contributed by atoms with Gasteiger partial charge < -0.3 is 19.5 Å². The van der Waals surface area contributed by atoms with Crippen LogP contribution in [0.25, 0.3) is 0 Å². The summed E-state index contributed by atoms with van der Waals surface area (Å²) in [7, 11) is -2.93. The molecular weight excluding hydrogens is 459 g/mol. The lowest BCUT2D eigenvalue weighted by atomic mass is 10.2. The summed E-state index contributed by atoms with van der Waals surface area (Å²) < 4.78 is 55.4. The minimum absolute atomic E-state index is 0.0667. The Labute approximate surface area is 189 Å². The maximum absolute atomic E-state index is 14.3. The van der Waals surface area contributed by atoms with E-state index in [9.17, 15) is 27.2 Å². The molecule has 1 saturated heterocycles. The Hall–Kier alpha value is -3.35. The molecule has 12 heteroatoms. The third-order valence-corrected chi connectivity index (χ3v) is 6.59. The molecule has 1 aliphatic heterocycles. The average Bonchev–Trinajstić information content (AvgIpc) is 2.83. The predicted octanol–water partition coefficient (Wildman–Crippen LogP) is 1.43. The lowest BCUT2D eigenvalue weighted by Gasteiger charge is -2.26. The van der Waals surface area contributed by atoms with E-state index < -0.39 is 45.2 Å². The van der Waals surface area contributed by atoms with E-state index in [1.54, 1.807) is 0 Å². The summed E-state index contributed by atoms with van der Waals surface area (Å²) in [6, 6.07) is 8.63. The molecule has 1 aliphatic rings. The summed E-state index contributed by atoms with van der Waals surface area (Å²) in [6.07, 6.45) is 0. The first-order valence-electron chi connectivity index (χ1n) is 9.75. The first-order chi connectivity index (χ1) is 15.7. The number of benzene rings is 2. The maximum atomic E-state index is 14.3. The number of methoxy groups -OCH3 is 1. The molecule has 3 rings (SSSR count). The number of nitrogens with one attached hydrogen (secondary N) is 1. The van der Waals surface area contributed by atoms with Crippen LogP contribution in [-0.2, 0) is 29.0 Å². The molecule has 33 heavy (non-hydrogen) atoms. The fourth-order valence-electron chi connectivity index (χ4n) is 2.97. The number of anilines is 1. The molecule has 0 aromatic heterocycles. The number of halogens is 1. The molecule has 2 aromatic carbocycles. The quantitative estimate of drug-likeness (QED) is 0.590. The number of ether oxygens (including phenoxy) is 3. The van der Waals surface area contributed by atoms with Gasteiger partial charge in [-0.3, -0.25) is 4.79 Å². The Morgan fingerprint density at radius 2 is 1.67 bits per heavy atom. The monoisotopic (exact) mass is 480 g/mol. The van der Waals surface area contributed by atoms with Crippen LogP contribution in [0.4, 0.5) is 10.1 Å². The average molecular weight is 480 g/mol. The molecule has 0 unspecified atom stereocenters. The highest BCUT2D eigenvalue weighted by Crippen LogP contribution is 2.22. The molecule has 176 valence electrons. The fourth-order valence-corrected chi connectivity index (χ4v) is 4.47. The third-order valence-electron chi connectivity index (χ3n) is 4.68. The van der Waals surface area contributed by atoms with Crippen molar-refractivity contribution in [3.63, 3.8) is 0 Å². The maximum Gasteiger partial charge on any atom is 0.338 e. The second-order valence-electron chi connectivity index (χ2n) is 6.85. The number of morpholine rings is 1. The summed E-state index contributed by atoms with van der Waals surface area (Å²) >= 11 is 0. The number of hydrogen-bond donors (Lipinski definition) is 1. The van der Waals surface area contributed by atoms with Gasteiger partial charge >= 0.3 is 11.9 Å². The Kier molecular flexibility index (Phi) is 7.74. The van der Waals surface area contributed by atoms with E-state index in [1.807, 2.05) is 0 Å². The highest BCUT2D eigenvalue weighted by Gasteiger charge is 2.30. The van der Waals surface area contributed by atoms with E-state index >= 15 is 0 Å². The normalized spacial score (nSPS) is 14.4. The van der Waals surface area contributed by atoms with E-state index in [4.69, 9.17) is 9.47 Å². The number of nitrogens with zero attached hydrogens (tertiary/aromatic N) is 1. The van der Waals surface area contributed by atoms with Crippen LogP contribution in [0.15, 0.2) is 47.4 Å². The van der Waals surface area contributed by atoms with Crippen LogP contribution in [0.5, 0.6) is 0 Å². The molecule has 2 aromatic rings. The first-order valence-corrected chi connectivity index (χ1v) is 11.2. The second kappa shape index (κ2) is 10.5. The van der Waals surface area contributed by atoms with Crippen LogP contribution in [-0.4, -0.2) is 70.6 Å². The van der Waals surface area contributed by atoms with Crippen molar-refractivity contribution in [2.75, 3.05) is 45.3 Å². The van der Waals surface area contributed by atoms with Crippen molar-refractivity contribution in [1.82, 2.24) is 4.31 Å². The van der Waals surface area contributed by atoms with E-state index in [2.05, 4.69) is 10.1 Å². The molecule has 0 saturated carbocycles. The van der Waals surface area contributed by atoms with Crippen molar-refractivity contribution >= 4 is 33.6 Å². The zero-order valence-corrected chi connectivity index (χ0v) is 18.4. The van der Waals surface area contributed by atoms with Crippen LogP contribution in [0.1, 0.15) is 20.7 Å². The SMILES string of the molecule is COC(=O)c1ccc(NC(=O)COC(=O)c2ccc(F)c(S(=O)(=O)N3CCOCC3)c2)cc1. The Morgan fingerprint density at radius 3 is 2.30 bits per heavy atom. The number of sulfonamides is 1. The molecular formula is C21H21FN2O8S. The van der Waals surface area contributed by atoms with Crippen LogP contribution in [0.3, 0.4) is 0 Å². The van der Waals surface area contributed by atoms with E-state index in [0.29, 0.717) is 11.3 Å². The predicted molar refractivity (Wildman–Crippen MR) is 113 cm³/mol. The number of rotatable bonds is 7. The Bertz CT molecular complexity index is 1150. The molecule has 10 nitrogen and oxygen atoms in total. The molecule has 0 spiro atoms. The van der Waals surface area contributed by atoms with Gasteiger partial charge in [-0.05, 0) is 42.5 Å². The van der Waals surface area contributed by atoms with Crippen molar-refractivity contribution in [3.05, 3.63) is 59.4 Å². The Morgan fingerprint density at radius 1 is 1.03 bits per heavy atom. The molecule has 0 bridgehead atoms. The lowest BCUT2D eigenvalue weighted by Crippen LogP contribution is -2.41. The van der Waals surface area contributed by atoms with Gasteiger partial charge in [-0.25, -0.2) is 22.4 Å². The molecule has 0 aliphatic carbocycles. The van der Waals surface area contributed by atoms with Crippen LogP contribution < -0.4 is 5.32 Å². The summed E-state index contributed by atoms with van der Waals surface area (Å²) in [4.78, 5) is 35.1. The van der Waals surface area contributed by atoms with Crippen molar-refractivity contribution in [2.24, 2.45) is 0 Å². The number of hydrogen-bond acceptors (Lipinski definition) is 8. The van der Waals surface area contributed by atoms with Gasteiger partial charge in [0.15, 0.2) is 6.61 Å². The molecule has 1 amide bonds. The molecule has 0 atom stereocenters. The van der Waals surface area contributed by atoms with Gasteiger partial charge in [-0.2, -0.15) is 4.31 Å². The highest BCUT2D eigenvalue weighted by molar-refractivity contribution is 7.89. The van der Waals surface area contributed by atoms with Gasteiger partial charge in [-0.1, -0.05) is 0 Å². The fraction of sp³-hybridized carbons (Fsp3) is 0.286. The summed E-state index contributed by atoms with van der Waals surface area (Å²) in [5, 5.41) is 2.48. The van der Waals surface area contributed by atoms with Crippen molar-refractivity contribution < 1.29 is 41.4 Å². The van der Waals surface area contributed by atoms with Gasteiger partial charge in [0.25, 0.3) is 5.91 Å². The van der Waals surface area contributed by atoms with Crippen LogP contribution >= 0.6 is 0 Å². The van der Waals surface area contributed by atoms with E-state index in [-0.39, 0.29) is 31.9 Å². The Balaban J connectivity index is 1.63. The largest absolute Gasteiger partial charge is 0.465 e. The zero-order chi connectivity index (χ0) is 24.0. The van der Waals surface area contributed by atoms with Gasteiger partial charge in [0.05, 0.1) is 31.5 Å². The highest BCUT2D eigenvalue weighted by atomic mass is 32.2. The number of esters is 2. The lowest BCUT2D eigenvalue weighted by molar-refractivity contribution is -0.119. The van der Waals surface area contributed by atoms with Crippen molar-refractivity contribution in [3.8, 4) is 0 Å². The third kappa shape index (κ3) is 5.92. The summed E-state index contributed by atoms with van der Waals surface area (Å²) in [6.45, 7) is -0.165. The smallest absolute Gasteiger partial charge is 0.338 e. The van der Waals surface area contributed by atoms with Crippen LogP contribution in [0.2, 0.25) is 0 Å². The van der Waals surface area contributed by atoms with Gasteiger partial charge in [0.2, 0.25) is 10.0 Å². The minimum atomic E-state index is -4.17. The number of amides is 1. The zero-order valence-electron chi connectivity index (χ0n) is 17.6. The van der Waals surface area contributed by atoms with Crippen molar-refractivity contribution in [1.29, 1.82) is 0 Å². The van der Waals surface area contributed by atoms with Gasteiger partial charge in [-0.15, -0.1) is 0 Å². The minimum Gasteiger partial charge on any atom is -0.465 e. The summed E-state index contributed by atoms with van der Waals surface area (Å²) in [5.74, 6) is -3.20. The number of carbonyl (C=O) groups is 3. The summed E-state index contributed by atoms with van der Waals surface area (Å²) in [5.41, 5.74) is 0.420. The molecule has 0 radical (unpaired) electrons. The van der Waals surface area contributed by atoms with Gasteiger partial charge in [0, 0.05) is 18.8 Å².